The summed E-state index contributed by atoms with van der Waals surface area (Å²) in [5.41, 5.74) is 0. The Balaban J connectivity index is 0. The van der Waals surface area contributed by atoms with Crippen LogP contribution in [0.2, 0.25) is 6.04 Å². The molecule has 0 unspecified atom stereocenters. The van der Waals surface area contributed by atoms with Crippen LogP contribution >= 0.6 is 0 Å². The van der Waals surface area contributed by atoms with E-state index >= 15 is 0 Å². The molecule has 0 atom stereocenters. The molecular weight excluding hydrogens is 386 g/mol. The van der Waals surface area contributed by atoms with Crippen molar-refractivity contribution in [2.75, 3.05) is 46.0 Å². The molecule has 148 valence electrons. The van der Waals surface area contributed by atoms with E-state index in [1.165, 1.54) is 49.9 Å². The van der Waals surface area contributed by atoms with E-state index in [4.69, 9.17) is 13.3 Å². The average molecular weight is 429 g/mol. The van der Waals surface area contributed by atoms with Gasteiger partial charge >= 0.3 is 8.80 Å². The highest BCUT2D eigenvalue weighted by Crippen LogP contribution is 2.21. The van der Waals surface area contributed by atoms with Crippen molar-refractivity contribution in [3.8, 4) is 0 Å². The summed E-state index contributed by atoms with van der Waals surface area (Å²) >= 11 is 0. The predicted octanol–water partition coefficient (Wildman–Crippen LogP) is 1.48. The minimum Gasteiger partial charge on any atom is -1.00 e. The van der Waals surface area contributed by atoms with Crippen LogP contribution in [0.1, 0.15) is 67.2 Å². The number of hydrogen-bond acceptors (Lipinski definition) is 3. The fourth-order valence-electron chi connectivity index (χ4n) is 3.73. The van der Waals surface area contributed by atoms with Gasteiger partial charge in [0, 0.05) is 32.3 Å². The minimum absolute atomic E-state index is 0. The van der Waals surface area contributed by atoms with Crippen molar-refractivity contribution in [1.82, 2.24) is 0 Å². The molecule has 0 saturated heterocycles. The molecule has 24 heavy (non-hydrogen) atoms. The molecule has 0 amide bonds. The Hall–Kier alpha value is 0.537. The van der Waals surface area contributed by atoms with Gasteiger partial charge in [0.2, 0.25) is 0 Å². The fourth-order valence-corrected chi connectivity index (χ4v) is 6.32. The maximum Gasteiger partial charge on any atom is 0.501 e. The lowest BCUT2D eigenvalue weighted by Crippen LogP contribution is -3.00. The highest BCUT2D eigenvalue weighted by Gasteiger charge is 2.40. The molecule has 6 heteroatoms. The average Bonchev–Trinajstić information content (AvgIpc) is 2.49. The summed E-state index contributed by atoms with van der Waals surface area (Å²) in [6.45, 7) is 20.1. The Kier molecular flexibility index (Phi) is 17.6. The first-order chi connectivity index (χ1) is 11.1. The summed E-state index contributed by atoms with van der Waals surface area (Å²) in [6, 6.07) is 0.944. The van der Waals surface area contributed by atoms with Crippen LogP contribution in [0.5, 0.6) is 0 Å². The van der Waals surface area contributed by atoms with Crippen LogP contribution in [0, 0.1) is 0 Å². The zero-order chi connectivity index (χ0) is 17.6. The van der Waals surface area contributed by atoms with E-state index < -0.39 is 8.80 Å². The molecular formula is C18H42BrNO3Si. The Labute approximate surface area is 163 Å². The summed E-state index contributed by atoms with van der Waals surface area (Å²) in [4.78, 5) is 0. The van der Waals surface area contributed by atoms with Gasteiger partial charge in [0.15, 0.2) is 0 Å². The Morgan fingerprint density at radius 3 is 1.29 bits per heavy atom. The third-order valence-electron chi connectivity index (χ3n) is 4.30. The molecule has 0 N–H and O–H groups in total. The van der Waals surface area contributed by atoms with Crippen molar-refractivity contribution in [3.05, 3.63) is 0 Å². The number of hydrogen-bond donors (Lipinski definition) is 0. The summed E-state index contributed by atoms with van der Waals surface area (Å²) in [5.74, 6) is 0. The second-order valence-electron chi connectivity index (χ2n) is 6.32. The van der Waals surface area contributed by atoms with Crippen LogP contribution in [0.15, 0.2) is 0 Å². The molecule has 0 aromatic heterocycles. The Morgan fingerprint density at radius 1 is 0.625 bits per heavy atom. The molecule has 0 saturated carbocycles. The molecule has 0 bridgehead atoms. The maximum atomic E-state index is 5.99. The Bertz CT molecular complexity index is 223. The molecule has 0 aliphatic heterocycles. The number of nitrogens with zero attached hydrogens (tertiary/aromatic N) is 1. The van der Waals surface area contributed by atoms with Crippen molar-refractivity contribution < 1.29 is 34.7 Å². The van der Waals surface area contributed by atoms with Crippen molar-refractivity contribution in [3.63, 3.8) is 0 Å². The van der Waals surface area contributed by atoms with Crippen molar-refractivity contribution in [2.24, 2.45) is 0 Å². The van der Waals surface area contributed by atoms with Gasteiger partial charge in [-0.25, -0.2) is 0 Å². The van der Waals surface area contributed by atoms with Gasteiger partial charge in [-0.15, -0.1) is 0 Å². The zero-order valence-corrected chi connectivity index (χ0v) is 19.6. The van der Waals surface area contributed by atoms with Gasteiger partial charge in [-0.3, -0.25) is 0 Å². The summed E-state index contributed by atoms with van der Waals surface area (Å²) < 4.78 is 19.2. The van der Waals surface area contributed by atoms with Gasteiger partial charge in [-0.1, -0.05) is 20.8 Å². The molecule has 0 spiro atoms. The molecule has 0 fully saturated rings. The van der Waals surface area contributed by atoms with Crippen molar-refractivity contribution in [2.45, 2.75) is 73.3 Å². The standard InChI is InChI=1S/C18H42NO3Si.BrH/c1-7-14-19(15-8-2,16-9-3)17-13-18-23(20-10-4,21-11-5)22-12-6;/h7-18H2,1-6H3;1H/q+1;/p-1. The number of rotatable bonds is 16. The smallest absolute Gasteiger partial charge is 0.501 e. The normalized spacial score (nSPS) is 12.2. The zero-order valence-electron chi connectivity index (χ0n) is 17.0. The summed E-state index contributed by atoms with van der Waals surface area (Å²) in [5, 5.41) is 0. The third kappa shape index (κ3) is 9.87. The monoisotopic (exact) mass is 427 g/mol. The van der Waals surface area contributed by atoms with E-state index in [-0.39, 0.29) is 17.0 Å². The molecule has 0 aliphatic carbocycles. The van der Waals surface area contributed by atoms with E-state index in [0.717, 1.165) is 12.5 Å². The first-order valence-corrected chi connectivity index (χ1v) is 11.8. The van der Waals surface area contributed by atoms with Gasteiger partial charge in [0.25, 0.3) is 0 Å². The molecule has 4 nitrogen and oxygen atoms in total. The molecule has 0 aromatic carbocycles. The minimum atomic E-state index is -2.47. The van der Waals surface area contributed by atoms with Crippen LogP contribution in [0.25, 0.3) is 0 Å². The summed E-state index contributed by atoms with van der Waals surface area (Å²) in [6.07, 6.45) is 4.90. The second-order valence-corrected chi connectivity index (χ2v) is 9.05. The van der Waals surface area contributed by atoms with E-state index in [1.54, 1.807) is 0 Å². The lowest BCUT2D eigenvalue weighted by atomic mass is 10.2. The highest BCUT2D eigenvalue weighted by molar-refractivity contribution is 6.60. The topological polar surface area (TPSA) is 27.7 Å². The third-order valence-corrected chi connectivity index (χ3v) is 7.45. The molecule has 0 radical (unpaired) electrons. The van der Waals surface area contributed by atoms with Gasteiger partial charge in [-0.2, -0.15) is 0 Å². The van der Waals surface area contributed by atoms with E-state index in [1.807, 2.05) is 20.8 Å². The highest BCUT2D eigenvalue weighted by atomic mass is 79.9. The number of halogens is 1. The van der Waals surface area contributed by atoms with E-state index in [9.17, 15) is 0 Å². The van der Waals surface area contributed by atoms with Crippen molar-refractivity contribution in [1.29, 1.82) is 0 Å². The van der Waals surface area contributed by atoms with E-state index in [0.29, 0.717) is 19.8 Å². The van der Waals surface area contributed by atoms with Gasteiger partial charge in [-0.05, 0) is 40.0 Å². The quantitative estimate of drug-likeness (QED) is 0.275. The van der Waals surface area contributed by atoms with Crippen LogP contribution in [-0.2, 0) is 13.3 Å². The Morgan fingerprint density at radius 2 is 1.00 bits per heavy atom. The molecule has 0 aromatic rings. The maximum absolute atomic E-state index is 5.99. The molecule has 0 aliphatic rings. The lowest BCUT2D eigenvalue weighted by Gasteiger charge is -2.39. The second kappa shape index (κ2) is 15.8. The van der Waals surface area contributed by atoms with Gasteiger partial charge < -0.3 is 34.7 Å². The van der Waals surface area contributed by atoms with Gasteiger partial charge in [0.05, 0.1) is 26.2 Å². The number of quaternary nitrogens is 1. The van der Waals surface area contributed by atoms with E-state index in [2.05, 4.69) is 20.8 Å². The molecule has 0 heterocycles. The van der Waals surface area contributed by atoms with Crippen molar-refractivity contribution >= 4 is 8.80 Å². The van der Waals surface area contributed by atoms with Crippen LogP contribution in [0.3, 0.4) is 0 Å². The van der Waals surface area contributed by atoms with Gasteiger partial charge in [0.1, 0.15) is 0 Å². The first kappa shape index (κ1) is 26.8. The lowest BCUT2D eigenvalue weighted by molar-refractivity contribution is -0.928. The van der Waals surface area contributed by atoms with Crippen LogP contribution < -0.4 is 17.0 Å². The summed E-state index contributed by atoms with van der Waals surface area (Å²) in [7, 11) is -2.47. The predicted molar refractivity (Wildman–Crippen MR) is 101 cm³/mol. The fraction of sp³-hybridized carbons (Fsp3) is 1.00. The molecule has 0 rings (SSSR count). The first-order valence-electron chi connectivity index (χ1n) is 9.84. The largest absolute Gasteiger partial charge is 1.00 e. The van der Waals surface area contributed by atoms with Crippen LogP contribution in [-0.4, -0.2) is 59.3 Å². The van der Waals surface area contributed by atoms with Crippen LogP contribution in [0.4, 0.5) is 0 Å². The SMILES string of the molecule is CCC[N+](CCC)(CCC)CCC[Si](OCC)(OCC)OCC.[Br-].